The number of nitrogens with zero attached hydrogens (tertiary/aromatic N) is 1. The maximum Gasteiger partial charge on any atom is 0.140 e. The molecule has 0 aliphatic rings. The van der Waals surface area contributed by atoms with Crippen molar-refractivity contribution < 1.29 is 8.81 Å². The standard InChI is InChI=1S/C14H13FN2O/c15-14-4-3-11(8-12(14)9-16)10-17-6-5-13-2-1-7-18-13/h1-4,7-8,17H,5-6,10H2. The predicted molar refractivity (Wildman–Crippen MR) is 65.2 cm³/mol. The highest BCUT2D eigenvalue weighted by molar-refractivity contribution is 5.34. The van der Waals surface area contributed by atoms with E-state index in [1.807, 2.05) is 18.2 Å². The van der Waals surface area contributed by atoms with Crippen molar-refractivity contribution in [1.82, 2.24) is 5.32 Å². The molecule has 1 aromatic heterocycles. The van der Waals surface area contributed by atoms with Gasteiger partial charge in [0.05, 0.1) is 11.8 Å². The van der Waals surface area contributed by atoms with Gasteiger partial charge in [0.2, 0.25) is 0 Å². The van der Waals surface area contributed by atoms with E-state index >= 15 is 0 Å². The third-order valence-electron chi connectivity index (χ3n) is 2.61. The van der Waals surface area contributed by atoms with E-state index < -0.39 is 5.82 Å². The number of benzene rings is 1. The van der Waals surface area contributed by atoms with Gasteiger partial charge in [-0.1, -0.05) is 6.07 Å². The largest absolute Gasteiger partial charge is 0.469 e. The maximum atomic E-state index is 13.1. The molecule has 0 saturated heterocycles. The highest BCUT2D eigenvalue weighted by Gasteiger charge is 2.02. The Hall–Kier alpha value is -2.12. The first kappa shape index (κ1) is 12.3. The molecule has 0 aliphatic carbocycles. The molecule has 1 heterocycles. The fraction of sp³-hybridized carbons (Fsp3) is 0.214. The van der Waals surface area contributed by atoms with Crippen LogP contribution in [0.2, 0.25) is 0 Å². The Labute approximate surface area is 105 Å². The molecule has 0 amide bonds. The summed E-state index contributed by atoms with van der Waals surface area (Å²) >= 11 is 0. The molecule has 0 aliphatic heterocycles. The average Bonchev–Trinajstić information content (AvgIpc) is 2.89. The van der Waals surface area contributed by atoms with Crippen LogP contribution in [0.3, 0.4) is 0 Å². The van der Waals surface area contributed by atoms with E-state index in [1.54, 1.807) is 18.4 Å². The second-order valence-corrected chi connectivity index (χ2v) is 3.93. The summed E-state index contributed by atoms with van der Waals surface area (Å²) in [5.41, 5.74) is 0.979. The van der Waals surface area contributed by atoms with Gasteiger partial charge in [-0.15, -0.1) is 0 Å². The fourth-order valence-corrected chi connectivity index (χ4v) is 1.67. The summed E-state index contributed by atoms with van der Waals surface area (Å²) in [5, 5.41) is 11.9. The van der Waals surface area contributed by atoms with E-state index in [4.69, 9.17) is 9.68 Å². The van der Waals surface area contributed by atoms with Gasteiger partial charge in [-0.2, -0.15) is 5.26 Å². The summed E-state index contributed by atoms with van der Waals surface area (Å²) in [6.45, 7) is 1.38. The van der Waals surface area contributed by atoms with Crippen LogP contribution in [0.5, 0.6) is 0 Å². The number of halogens is 1. The van der Waals surface area contributed by atoms with Crippen molar-refractivity contribution in [2.75, 3.05) is 6.54 Å². The molecule has 0 unspecified atom stereocenters. The van der Waals surface area contributed by atoms with E-state index in [9.17, 15) is 4.39 Å². The Morgan fingerprint density at radius 1 is 1.33 bits per heavy atom. The summed E-state index contributed by atoms with van der Waals surface area (Å²) < 4.78 is 18.3. The van der Waals surface area contributed by atoms with Crippen LogP contribution in [0.4, 0.5) is 4.39 Å². The first-order valence-electron chi connectivity index (χ1n) is 5.71. The molecule has 1 aromatic carbocycles. The molecule has 0 fully saturated rings. The quantitative estimate of drug-likeness (QED) is 0.822. The Bertz CT molecular complexity index is 543. The van der Waals surface area contributed by atoms with Gasteiger partial charge in [0.25, 0.3) is 0 Å². The van der Waals surface area contributed by atoms with Crippen molar-refractivity contribution in [3.05, 3.63) is 59.3 Å². The molecule has 0 atom stereocenters. The van der Waals surface area contributed by atoms with Crippen LogP contribution in [-0.2, 0) is 13.0 Å². The Morgan fingerprint density at radius 2 is 2.22 bits per heavy atom. The molecule has 0 saturated carbocycles. The molecule has 2 rings (SSSR count). The molecular formula is C14H13FN2O. The first-order chi connectivity index (χ1) is 8.79. The molecule has 1 N–H and O–H groups in total. The first-order valence-corrected chi connectivity index (χ1v) is 5.71. The van der Waals surface area contributed by atoms with Gasteiger partial charge in [-0.3, -0.25) is 0 Å². The van der Waals surface area contributed by atoms with Crippen LogP contribution in [0, 0.1) is 17.1 Å². The zero-order chi connectivity index (χ0) is 12.8. The van der Waals surface area contributed by atoms with Crippen molar-refractivity contribution in [1.29, 1.82) is 5.26 Å². The lowest BCUT2D eigenvalue weighted by atomic mass is 10.1. The Kier molecular flexibility index (Phi) is 4.11. The van der Waals surface area contributed by atoms with E-state index in [2.05, 4.69) is 5.32 Å². The summed E-state index contributed by atoms with van der Waals surface area (Å²) in [4.78, 5) is 0. The molecule has 92 valence electrons. The van der Waals surface area contributed by atoms with Crippen LogP contribution < -0.4 is 5.32 Å². The highest BCUT2D eigenvalue weighted by atomic mass is 19.1. The predicted octanol–water partition coefficient (Wildman–Crippen LogP) is 2.62. The van der Waals surface area contributed by atoms with Crippen molar-refractivity contribution in [3.8, 4) is 6.07 Å². The van der Waals surface area contributed by atoms with Gasteiger partial charge in [0.15, 0.2) is 0 Å². The average molecular weight is 244 g/mol. The lowest BCUT2D eigenvalue weighted by Gasteiger charge is -2.04. The van der Waals surface area contributed by atoms with Gasteiger partial charge in [-0.25, -0.2) is 4.39 Å². The fourth-order valence-electron chi connectivity index (χ4n) is 1.67. The molecule has 0 radical (unpaired) electrons. The molecule has 4 heteroatoms. The Balaban J connectivity index is 1.82. The second kappa shape index (κ2) is 5.99. The zero-order valence-electron chi connectivity index (χ0n) is 9.82. The minimum absolute atomic E-state index is 0.0836. The number of rotatable bonds is 5. The number of nitrogens with one attached hydrogen (secondary N) is 1. The molecule has 18 heavy (non-hydrogen) atoms. The summed E-state index contributed by atoms with van der Waals surface area (Å²) in [6, 6.07) is 10.2. The number of furan rings is 1. The lowest BCUT2D eigenvalue weighted by Crippen LogP contribution is -2.16. The van der Waals surface area contributed by atoms with Gasteiger partial charge < -0.3 is 9.73 Å². The van der Waals surface area contributed by atoms with E-state index in [1.165, 1.54) is 6.07 Å². The maximum absolute atomic E-state index is 13.1. The van der Waals surface area contributed by atoms with Crippen LogP contribution >= 0.6 is 0 Å². The zero-order valence-corrected chi connectivity index (χ0v) is 9.82. The van der Waals surface area contributed by atoms with E-state index in [0.717, 1.165) is 24.3 Å². The van der Waals surface area contributed by atoms with Crippen LogP contribution in [0.1, 0.15) is 16.9 Å². The van der Waals surface area contributed by atoms with Crippen molar-refractivity contribution in [2.24, 2.45) is 0 Å². The highest BCUT2D eigenvalue weighted by Crippen LogP contribution is 2.09. The SMILES string of the molecule is N#Cc1cc(CNCCc2ccco2)ccc1F. The van der Waals surface area contributed by atoms with Crippen molar-refractivity contribution in [3.63, 3.8) is 0 Å². The molecular weight excluding hydrogens is 231 g/mol. The molecule has 0 bridgehead atoms. The van der Waals surface area contributed by atoms with Gasteiger partial charge >= 0.3 is 0 Å². The summed E-state index contributed by atoms with van der Waals surface area (Å²) in [5.74, 6) is 0.455. The van der Waals surface area contributed by atoms with Crippen molar-refractivity contribution in [2.45, 2.75) is 13.0 Å². The third-order valence-corrected chi connectivity index (χ3v) is 2.61. The molecule has 2 aromatic rings. The number of hydrogen-bond acceptors (Lipinski definition) is 3. The van der Waals surface area contributed by atoms with Gasteiger partial charge in [0, 0.05) is 19.5 Å². The minimum Gasteiger partial charge on any atom is -0.469 e. The summed E-state index contributed by atoms with van der Waals surface area (Å²) in [7, 11) is 0. The van der Waals surface area contributed by atoms with Crippen LogP contribution in [0.15, 0.2) is 41.0 Å². The monoisotopic (exact) mass is 244 g/mol. The molecule has 0 spiro atoms. The van der Waals surface area contributed by atoms with Crippen molar-refractivity contribution >= 4 is 0 Å². The smallest absolute Gasteiger partial charge is 0.140 e. The minimum atomic E-state index is -0.475. The van der Waals surface area contributed by atoms with Crippen LogP contribution in [-0.4, -0.2) is 6.54 Å². The Morgan fingerprint density at radius 3 is 2.94 bits per heavy atom. The third kappa shape index (κ3) is 3.19. The van der Waals surface area contributed by atoms with E-state index in [-0.39, 0.29) is 5.56 Å². The topological polar surface area (TPSA) is 49.0 Å². The normalized spacial score (nSPS) is 10.2. The van der Waals surface area contributed by atoms with Crippen LogP contribution in [0.25, 0.3) is 0 Å². The van der Waals surface area contributed by atoms with Gasteiger partial charge in [0.1, 0.15) is 17.6 Å². The second-order valence-electron chi connectivity index (χ2n) is 3.93. The molecule has 3 nitrogen and oxygen atoms in total. The number of hydrogen-bond donors (Lipinski definition) is 1. The van der Waals surface area contributed by atoms with E-state index in [0.29, 0.717) is 6.54 Å². The number of nitriles is 1. The lowest BCUT2D eigenvalue weighted by molar-refractivity contribution is 0.499. The summed E-state index contributed by atoms with van der Waals surface area (Å²) in [6.07, 6.45) is 2.45. The van der Waals surface area contributed by atoms with Gasteiger partial charge in [-0.05, 0) is 29.8 Å².